The fourth-order valence-electron chi connectivity index (χ4n) is 3.22. The van der Waals surface area contributed by atoms with Crippen LogP contribution in [-0.2, 0) is 4.79 Å². The molecule has 2 aromatic rings. The third-order valence-electron chi connectivity index (χ3n) is 4.31. The number of pyridine rings is 1. The summed E-state index contributed by atoms with van der Waals surface area (Å²) in [6, 6.07) is 3.73. The van der Waals surface area contributed by atoms with Crippen LogP contribution in [0, 0.1) is 11.8 Å². The summed E-state index contributed by atoms with van der Waals surface area (Å²) in [7, 11) is 0. The van der Waals surface area contributed by atoms with Gasteiger partial charge in [0.2, 0.25) is 11.7 Å². The lowest BCUT2D eigenvalue weighted by Crippen LogP contribution is -2.38. The molecule has 0 amide bonds. The summed E-state index contributed by atoms with van der Waals surface area (Å²) in [4.78, 5) is 20.6. The van der Waals surface area contributed by atoms with E-state index in [4.69, 9.17) is 4.52 Å². The number of carbonyl (C=O) groups excluding carboxylic acids is 1. The van der Waals surface area contributed by atoms with Crippen LogP contribution in [0.15, 0.2) is 29.0 Å². The number of Topliss-reactive ketones (excluding diaryl/α,β-unsaturated/α-hetero) is 1. The molecule has 5 nitrogen and oxygen atoms in total. The number of carbonyl (C=O) groups is 1. The van der Waals surface area contributed by atoms with Gasteiger partial charge in [-0.1, -0.05) is 5.16 Å². The molecular weight excluding hydrogens is 286 g/mol. The SMILES string of the molecule is O=C1C2CSCC1CC(c1nc(-c3ccncc3)no1)C2. The molecule has 1 saturated carbocycles. The molecule has 0 N–H and O–H groups in total. The van der Waals surface area contributed by atoms with Gasteiger partial charge in [-0.05, 0) is 25.0 Å². The number of hydrogen-bond acceptors (Lipinski definition) is 6. The van der Waals surface area contributed by atoms with E-state index < -0.39 is 0 Å². The Hall–Kier alpha value is -1.69. The third-order valence-corrected chi connectivity index (χ3v) is 5.59. The topological polar surface area (TPSA) is 68.9 Å². The highest BCUT2D eigenvalue weighted by Crippen LogP contribution is 2.42. The number of thioether (sulfide) groups is 1. The van der Waals surface area contributed by atoms with Crippen molar-refractivity contribution in [3.05, 3.63) is 30.4 Å². The van der Waals surface area contributed by atoms with Crippen molar-refractivity contribution in [2.45, 2.75) is 18.8 Å². The first-order valence-corrected chi connectivity index (χ1v) is 8.32. The van der Waals surface area contributed by atoms with Gasteiger partial charge >= 0.3 is 0 Å². The summed E-state index contributed by atoms with van der Waals surface area (Å²) in [5.41, 5.74) is 0.905. The van der Waals surface area contributed by atoms with Crippen LogP contribution in [0.2, 0.25) is 0 Å². The summed E-state index contributed by atoms with van der Waals surface area (Å²) < 4.78 is 5.46. The molecule has 1 aliphatic carbocycles. The number of ketones is 1. The molecule has 2 aliphatic rings. The second-order valence-corrected chi connectivity index (χ2v) is 6.77. The van der Waals surface area contributed by atoms with Gasteiger partial charge in [0.1, 0.15) is 5.78 Å². The van der Waals surface area contributed by atoms with Crippen LogP contribution in [0.3, 0.4) is 0 Å². The van der Waals surface area contributed by atoms with Crippen LogP contribution in [0.4, 0.5) is 0 Å². The van der Waals surface area contributed by atoms with Crippen LogP contribution >= 0.6 is 11.8 Å². The van der Waals surface area contributed by atoms with Crippen LogP contribution < -0.4 is 0 Å². The minimum Gasteiger partial charge on any atom is -0.339 e. The van der Waals surface area contributed by atoms with Gasteiger partial charge in [-0.3, -0.25) is 9.78 Å². The number of rotatable bonds is 2. The van der Waals surface area contributed by atoms with Crippen molar-refractivity contribution in [3.63, 3.8) is 0 Å². The largest absolute Gasteiger partial charge is 0.339 e. The second-order valence-electron chi connectivity index (χ2n) is 5.69. The van der Waals surface area contributed by atoms with E-state index in [0.29, 0.717) is 17.5 Å². The van der Waals surface area contributed by atoms with Gasteiger partial charge in [0.15, 0.2) is 0 Å². The van der Waals surface area contributed by atoms with Gasteiger partial charge in [-0.2, -0.15) is 16.7 Å². The molecule has 4 rings (SSSR count). The molecule has 6 heteroatoms. The predicted octanol–water partition coefficient (Wildman–Crippen LogP) is 2.56. The van der Waals surface area contributed by atoms with Gasteiger partial charge in [-0.25, -0.2) is 0 Å². The Kier molecular flexibility index (Phi) is 3.25. The van der Waals surface area contributed by atoms with Gasteiger partial charge < -0.3 is 4.52 Å². The van der Waals surface area contributed by atoms with Crippen molar-refractivity contribution in [2.75, 3.05) is 11.5 Å². The lowest BCUT2D eigenvalue weighted by Gasteiger charge is -2.35. The quantitative estimate of drug-likeness (QED) is 0.849. The van der Waals surface area contributed by atoms with E-state index in [9.17, 15) is 4.79 Å². The van der Waals surface area contributed by atoms with Crippen molar-refractivity contribution in [1.82, 2.24) is 15.1 Å². The minimum atomic E-state index is 0.170. The maximum absolute atomic E-state index is 12.1. The molecule has 0 radical (unpaired) electrons. The van der Waals surface area contributed by atoms with E-state index in [-0.39, 0.29) is 17.8 Å². The summed E-state index contributed by atoms with van der Waals surface area (Å²) in [5.74, 6) is 4.17. The van der Waals surface area contributed by atoms with Crippen LogP contribution in [0.25, 0.3) is 11.4 Å². The van der Waals surface area contributed by atoms with Gasteiger partial charge in [0.05, 0.1) is 0 Å². The predicted molar refractivity (Wildman–Crippen MR) is 78.8 cm³/mol. The molecule has 2 unspecified atom stereocenters. The number of aromatic nitrogens is 3. The highest BCUT2D eigenvalue weighted by atomic mass is 32.2. The van der Waals surface area contributed by atoms with Crippen LogP contribution in [0.5, 0.6) is 0 Å². The van der Waals surface area contributed by atoms with Crippen molar-refractivity contribution in [3.8, 4) is 11.4 Å². The summed E-state index contributed by atoms with van der Waals surface area (Å²) in [6.07, 6.45) is 5.12. The van der Waals surface area contributed by atoms with Crippen molar-refractivity contribution >= 4 is 17.5 Å². The Morgan fingerprint density at radius 1 is 1.10 bits per heavy atom. The third kappa shape index (κ3) is 2.37. The molecule has 0 spiro atoms. The second kappa shape index (κ2) is 5.26. The molecular formula is C15H15N3O2S. The molecule has 2 aromatic heterocycles. The molecule has 0 aromatic carbocycles. The molecule has 21 heavy (non-hydrogen) atoms. The minimum absolute atomic E-state index is 0.170. The van der Waals surface area contributed by atoms with Gasteiger partial charge in [0, 0.05) is 47.2 Å². The van der Waals surface area contributed by atoms with Gasteiger partial charge in [0.25, 0.3) is 0 Å². The maximum Gasteiger partial charge on any atom is 0.230 e. The Morgan fingerprint density at radius 2 is 1.81 bits per heavy atom. The van der Waals surface area contributed by atoms with Crippen LogP contribution in [0.1, 0.15) is 24.7 Å². The zero-order chi connectivity index (χ0) is 14.2. The first-order valence-electron chi connectivity index (χ1n) is 7.16. The fraction of sp³-hybridized carbons (Fsp3) is 0.467. The first kappa shape index (κ1) is 13.0. The Morgan fingerprint density at radius 3 is 2.52 bits per heavy atom. The number of nitrogens with zero attached hydrogens (tertiary/aromatic N) is 3. The van der Waals surface area contributed by atoms with E-state index in [1.54, 1.807) is 12.4 Å². The van der Waals surface area contributed by atoms with E-state index in [1.807, 2.05) is 23.9 Å². The standard InChI is InChI=1S/C15H15N3O2S/c19-13-11-5-10(6-12(13)8-21-7-11)15-17-14(18-20-15)9-1-3-16-4-2-9/h1-4,10-12H,5-8H2. The smallest absolute Gasteiger partial charge is 0.230 e. The Bertz CT molecular complexity index is 642. The molecule has 3 heterocycles. The van der Waals surface area contributed by atoms with E-state index in [0.717, 1.165) is 29.9 Å². The van der Waals surface area contributed by atoms with Crippen molar-refractivity contribution in [2.24, 2.45) is 11.8 Å². The van der Waals surface area contributed by atoms with E-state index in [2.05, 4.69) is 15.1 Å². The Labute approximate surface area is 126 Å². The van der Waals surface area contributed by atoms with Crippen molar-refractivity contribution < 1.29 is 9.32 Å². The lowest BCUT2D eigenvalue weighted by molar-refractivity contribution is -0.128. The number of hydrogen-bond donors (Lipinski definition) is 0. The zero-order valence-corrected chi connectivity index (χ0v) is 12.3. The molecule has 2 atom stereocenters. The highest BCUT2D eigenvalue weighted by Gasteiger charge is 2.41. The van der Waals surface area contributed by atoms with Crippen LogP contribution in [-0.4, -0.2) is 32.4 Å². The summed E-state index contributed by atoms with van der Waals surface area (Å²) in [6.45, 7) is 0. The first-order chi connectivity index (χ1) is 10.3. The molecule has 1 aliphatic heterocycles. The average Bonchev–Trinajstić information content (AvgIpc) is 2.98. The number of fused-ring (bicyclic) bond motifs is 2. The summed E-state index contributed by atoms with van der Waals surface area (Å²) >= 11 is 1.90. The Balaban J connectivity index is 1.58. The molecule has 2 bridgehead atoms. The van der Waals surface area contributed by atoms with E-state index >= 15 is 0 Å². The summed E-state index contributed by atoms with van der Waals surface area (Å²) in [5, 5.41) is 4.07. The van der Waals surface area contributed by atoms with E-state index in [1.165, 1.54) is 0 Å². The maximum atomic E-state index is 12.1. The average molecular weight is 301 g/mol. The lowest BCUT2D eigenvalue weighted by atomic mass is 9.75. The fourth-order valence-corrected chi connectivity index (χ4v) is 4.53. The van der Waals surface area contributed by atoms with Crippen molar-refractivity contribution in [1.29, 1.82) is 0 Å². The molecule has 2 fully saturated rings. The molecule has 1 saturated heterocycles. The normalized spacial score (nSPS) is 28.6. The zero-order valence-electron chi connectivity index (χ0n) is 11.4. The highest BCUT2D eigenvalue weighted by molar-refractivity contribution is 7.99. The molecule has 108 valence electrons. The monoisotopic (exact) mass is 301 g/mol. The van der Waals surface area contributed by atoms with Gasteiger partial charge in [-0.15, -0.1) is 0 Å².